The van der Waals surface area contributed by atoms with Gasteiger partial charge in [-0.3, -0.25) is 4.68 Å². The molecule has 6 heteroatoms. The Morgan fingerprint density at radius 2 is 1.96 bits per heavy atom. The minimum Gasteiger partial charge on any atom is -0.388 e. The van der Waals surface area contributed by atoms with Crippen LogP contribution in [0.1, 0.15) is 31.9 Å². The minimum atomic E-state index is -0.921. The lowest BCUT2D eigenvalue weighted by Crippen LogP contribution is -2.47. The maximum atomic E-state index is 12.0. The molecule has 0 aliphatic heterocycles. The molecule has 0 aliphatic rings. The quantitative estimate of drug-likeness (QED) is 0.728. The Balaban J connectivity index is 1.89. The molecule has 0 aliphatic carbocycles. The van der Waals surface area contributed by atoms with E-state index in [0.717, 1.165) is 11.1 Å². The summed E-state index contributed by atoms with van der Waals surface area (Å²) in [6, 6.07) is 9.54. The third kappa shape index (κ3) is 5.09. The van der Waals surface area contributed by atoms with Crippen molar-refractivity contribution in [3.8, 4) is 0 Å². The molecule has 2 rings (SSSR count). The van der Waals surface area contributed by atoms with Crippen molar-refractivity contribution in [3.63, 3.8) is 0 Å². The highest BCUT2D eigenvalue weighted by Gasteiger charge is 2.25. The van der Waals surface area contributed by atoms with Crippen LogP contribution in [0.3, 0.4) is 0 Å². The molecule has 0 fully saturated rings. The van der Waals surface area contributed by atoms with E-state index in [1.165, 1.54) is 0 Å². The predicted octanol–water partition coefficient (Wildman–Crippen LogP) is 2.14. The Kier molecular flexibility index (Phi) is 5.98. The number of aromatic nitrogens is 2. The highest BCUT2D eigenvalue weighted by molar-refractivity contribution is 5.73. The molecular weight excluding hydrogens is 304 g/mol. The normalized spacial score (nSPS) is 13.5. The zero-order valence-corrected chi connectivity index (χ0v) is 14.5. The summed E-state index contributed by atoms with van der Waals surface area (Å²) < 4.78 is 1.85. The van der Waals surface area contributed by atoms with Crippen molar-refractivity contribution in [1.29, 1.82) is 0 Å². The van der Waals surface area contributed by atoms with Gasteiger partial charge in [0.25, 0.3) is 0 Å². The Labute approximate surface area is 142 Å². The molecule has 1 aromatic heterocycles. The maximum absolute atomic E-state index is 12.0. The number of nitrogens with one attached hydrogen (secondary N) is 2. The number of rotatable bonds is 7. The number of benzene rings is 1. The van der Waals surface area contributed by atoms with Gasteiger partial charge in [-0.2, -0.15) is 5.10 Å². The number of aliphatic hydroxyl groups is 1. The number of carbonyl (C=O) groups excluding carboxylic acids is 1. The van der Waals surface area contributed by atoms with Crippen LogP contribution >= 0.6 is 0 Å². The molecule has 0 saturated carbocycles. The van der Waals surface area contributed by atoms with Crippen LogP contribution in [0.25, 0.3) is 0 Å². The predicted molar refractivity (Wildman–Crippen MR) is 93.5 cm³/mol. The first-order chi connectivity index (χ1) is 11.4. The van der Waals surface area contributed by atoms with Crippen LogP contribution in [0, 0.1) is 5.92 Å². The van der Waals surface area contributed by atoms with E-state index >= 15 is 0 Å². The Hall–Kier alpha value is -2.34. The highest BCUT2D eigenvalue weighted by atomic mass is 16.3. The molecule has 6 nitrogen and oxygen atoms in total. The summed E-state index contributed by atoms with van der Waals surface area (Å²) in [5.41, 5.74) is 1.23. The van der Waals surface area contributed by atoms with E-state index in [1.807, 2.05) is 55.1 Å². The number of hydrogen-bond donors (Lipinski definition) is 3. The summed E-state index contributed by atoms with van der Waals surface area (Å²) >= 11 is 0. The Bertz CT molecular complexity index is 651. The van der Waals surface area contributed by atoms with E-state index in [0.29, 0.717) is 13.1 Å². The molecule has 1 atom stereocenters. The second kappa shape index (κ2) is 7.97. The second-order valence-electron chi connectivity index (χ2n) is 6.52. The smallest absolute Gasteiger partial charge is 0.315 e. The molecule has 1 heterocycles. The van der Waals surface area contributed by atoms with Gasteiger partial charge < -0.3 is 15.7 Å². The molecule has 130 valence electrons. The number of amides is 2. The summed E-state index contributed by atoms with van der Waals surface area (Å²) in [4.78, 5) is 12.0. The van der Waals surface area contributed by atoms with Gasteiger partial charge in [0, 0.05) is 25.5 Å². The molecule has 2 amide bonds. The van der Waals surface area contributed by atoms with Crippen LogP contribution in [0.15, 0.2) is 42.7 Å². The lowest BCUT2D eigenvalue weighted by molar-refractivity contribution is 0.0166. The summed E-state index contributed by atoms with van der Waals surface area (Å²) in [6.45, 7) is 6.86. The molecule has 2 aromatic rings. The van der Waals surface area contributed by atoms with Gasteiger partial charge in [-0.1, -0.05) is 38.1 Å². The zero-order chi connectivity index (χ0) is 17.6. The molecule has 0 bridgehead atoms. The fourth-order valence-corrected chi connectivity index (χ4v) is 2.15. The highest BCUT2D eigenvalue weighted by Crippen LogP contribution is 2.14. The average Bonchev–Trinajstić information content (AvgIpc) is 3.05. The van der Waals surface area contributed by atoms with Crippen molar-refractivity contribution in [1.82, 2.24) is 20.4 Å². The molecule has 0 saturated heterocycles. The van der Waals surface area contributed by atoms with Crippen molar-refractivity contribution >= 4 is 6.03 Å². The number of hydrogen-bond acceptors (Lipinski definition) is 3. The van der Waals surface area contributed by atoms with E-state index in [4.69, 9.17) is 0 Å². The Morgan fingerprint density at radius 1 is 1.25 bits per heavy atom. The van der Waals surface area contributed by atoms with Crippen molar-refractivity contribution < 1.29 is 9.90 Å². The van der Waals surface area contributed by atoms with Crippen molar-refractivity contribution in [2.45, 2.75) is 39.5 Å². The number of urea groups is 1. The summed E-state index contributed by atoms with van der Waals surface area (Å²) in [6.07, 6.45) is 3.65. The fourth-order valence-electron chi connectivity index (χ4n) is 2.15. The maximum Gasteiger partial charge on any atom is 0.315 e. The standard InChI is InChI=1S/C18H26N4O2/c1-14(2)18(3,24)13-20-17(23)19-11-15-7-4-5-8-16(15)12-22-10-6-9-21-22/h4-10,14,24H,11-13H2,1-3H3,(H2,19,20,23). The van der Waals surface area contributed by atoms with Crippen LogP contribution in [0.2, 0.25) is 0 Å². The van der Waals surface area contributed by atoms with Gasteiger partial charge in [-0.15, -0.1) is 0 Å². The van der Waals surface area contributed by atoms with Gasteiger partial charge in [0.2, 0.25) is 0 Å². The fraction of sp³-hybridized carbons (Fsp3) is 0.444. The first-order valence-corrected chi connectivity index (χ1v) is 8.17. The number of nitrogens with zero attached hydrogens (tertiary/aromatic N) is 2. The molecule has 0 spiro atoms. The van der Waals surface area contributed by atoms with Crippen LogP contribution < -0.4 is 10.6 Å². The van der Waals surface area contributed by atoms with E-state index < -0.39 is 5.60 Å². The molecule has 0 radical (unpaired) electrons. The largest absolute Gasteiger partial charge is 0.388 e. The van der Waals surface area contributed by atoms with Gasteiger partial charge in [0.1, 0.15) is 0 Å². The lowest BCUT2D eigenvalue weighted by atomic mass is 9.93. The summed E-state index contributed by atoms with van der Waals surface area (Å²) in [5.74, 6) is 0.0626. The molecule has 24 heavy (non-hydrogen) atoms. The van der Waals surface area contributed by atoms with Crippen LogP contribution in [-0.4, -0.2) is 33.1 Å². The van der Waals surface area contributed by atoms with E-state index in [2.05, 4.69) is 15.7 Å². The molecule has 1 aromatic carbocycles. The lowest BCUT2D eigenvalue weighted by Gasteiger charge is -2.27. The van der Waals surface area contributed by atoms with Crippen molar-refractivity contribution in [2.75, 3.05) is 6.54 Å². The third-order valence-electron chi connectivity index (χ3n) is 4.30. The topological polar surface area (TPSA) is 79.2 Å². The monoisotopic (exact) mass is 330 g/mol. The van der Waals surface area contributed by atoms with E-state index in [-0.39, 0.29) is 18.5 Å². The van der Waals surface area contributed by atoms with Crippen LogP contribution in [0.5, 0.6) is 0 Å². The first-order valence-electron chi connectivity index (χ1n) is 8.17. The number of carbonyl (C=O) groups is 1. The van der Waals surface area contributed by atoms with E-state index in [1.54, 1.807) is 13.1 Å². The average molecular weight is 330 g/mol. The first kappa shape index (κ1) is 18.0. The minimum absolute atomic E-state index is 0.0626. The summed E-state index contributed by atoms with van der Waals surface area (Å²) in [7, 11) is 0. The summed E-state index contributed by atoms with van der Waals surface area (Å²) in [5, 5.41) is 19.9. The van der Waals surface area contributed by atoms with Crippen LogP contribution in [0.4, 0.5) is 4.79 Å². The Morgan fingerprint density at radius 3 is 2.58 bits per heavy atom. The zero-order valence-electron chi connectivity index (χ0n) is 14.5. The molecule has 1 unspecified atom stereocenters. The molecule has 3 N–H and O–H groups in total. The van der Waals surface area contributed by atoms with Gasteiger partial charge in [-0.25, -0.2) is 4.79 Å². The van der Waals surface area contributed by atoms with Crippen molar-refractivity contribution in [3.05, 3.63) is 53.9 Å². The van der Waals surface area contributed by atoms with E-state index in [9.17, 15) is 9.90 Å². The molecular formula is C18H26N4O2. The van der Waals surface area contributed by atoms with Crippen LogP contribution in [-0.2, 0) is 13.1 Å². The van der Waals surface area contributed by atoms with Gasteiger partial charge >= 0.3 is 6.03 Å². The van der Waals surface area contributed by atoms with Gasteiger partial charge in [-0.05, 0) is 30.0 Å². The van der Waals surface area contributed by atoms with Crippen molar-refractivity contribution in [2.24, 2.45) is 5.92 Å². The van der Waals surface area contributed by atoms with Gasteiger partial charge in [0.15, 0.2) is 0 Å². The van der Waals surface area contributed by atoms with Gasteiger partial charge in [0.05, 0.1) is 12.1 Å². The third-order valence-corrected chi connectivity index (χ3v) is 4.30. The second-order valence-corrected chi connectivity index (χ2v) is 6.52. The SMILES string of the molecule is CC(C)C(C)(O)CNC(=O)NCc1ccccc1Cn1cccn1.